The third-order valence-electron chi connectivity index (χ3n) is 4.64. The van der Waals surface area contributed by atoms with Gasteiger partial charge in [0.2, 0.25) is 0 Å². The Morgan fingerprint density at radius 2 is 1.26 bits per heavy atom. The smallest absolute Gasteiger partial charge is 0.123 e. The van der Waals surface area contributed by atoms with E-state index in [0.29, 0.717) is 12.3 Å². The summed E-state index contributed by atoms with van der Waals surface area (Å²) in [5, 5.41) is 10.1. The Morgan fingerprint density at radius 3 is 1.78 bits per heavy atom. The van der Waals surface area contributed by atoms with Gasteiger partial charge in [0, 0.05) is 12.1 Å². The second-order valence-electron chi connectivity index (χ2n) is 6.70. The summed E-state index contributed by atoms with van der Waals surface area (Å²) >= 11 is 0. The van der Waals surface area contributed by atoms with Crippen LogP contribution < -0.4 is 5.73 Å². The summed E-state index contributed by atoms with van der Waals surface area (Å²) in [5.41, 5.74) is 7.41. The van der Waals surface area contributed by atoms with Gasteiger partial charge in [-0.25, -0.2) is 0 Å². The van der Waals surface area contributed by atoms with Crippen molar-refractivity contribution in [2.24, 2.45) is 5.73 Å². The molecule has 23 heavy (non-hydrogen) atoms. The fourth-order valence-electron chi connectivity index (χ4n) is 3.09. The lowest BCUT2D eigenvalue weighted by Crippen LogP contribution is -1.98. The highest BCUT2D eigenvalue weighted by atomic mass is 16.3. The molecular weight excluding hydrogens is 282 g/mol. The molecule has 0 fully saturated rings. The zero-order chi connectivity index (χ0) is 16.8. The fourth-order valence-corrected chi connectivity index (χ4v) is 3.09. The van der Waals surface area contributed by atoms with Crippen LogP contribution in [0.1, 0.15) is 95.1 Å². The van der Waals surface area contributed by atoms with E-state index in [2.05, 4.69) is 13.0 Å². The molecule has 1 aromatic rings. The zero-order valence-electron chi connectivity index (χ0n) is 15.1. The minimum atomic E-state index is 0.384. The van der Waals surface area contributed by atoms with E-state index < -0.39 is 0 Å². The van der Waals surface area contributed by atoms with E-state index in [4.69, 9.17) is 5.73 Å². The van der Waals surface area contributed by atoms with Crippen molar-refractivity contribution < 1.29 is 5.11 Å². The van der Waals surface area contributed by atoms with E-state index in [0.717, 1.165) is 24.0 Å². The molecule has 0 aliphatic heterocycles. The van der Waals surface area contributed by atoms with Crippen LogP contribution in [0.25, 0.3) is 0 Å². The van der Waals surface area contributed by atoms with E-state index in [1.54, 1.807) is 6.07 Å². The normalized spacial score (nSPS) is 11.0. The van der Waals surface area contributed by atoms with Crippen molar-refractivity contribution in [1.82, 2.24) is 0 Å². The third kappa shape index (κ3) is 9.00. The van der Waals surface area contributed by atoms with Crippen molar-refractivity contribution in [3.8, 4) is 5.75 Å². The molecule has 0 aliphatic carbocycles. The first-order valence-electron chi connectivity index (χ1n) is 9.70. The van der Waals surface area contributed by atoms with Crippen LogP contribution in [0.4, 0.5) is 0 Å². The average molecular weight is 319 g/mol. The van der Waals surface area contributed by atoms with Crippen molar-refractivity contribution in [3.63, 3.8) is 0 Å². The van der Waals surface area contributed by atoms with Gasteiger partial charge in [0.1, 0.15) is 5.75 Å². The largest absolute Gasteiger partial charge is 0.507 e. The first kappa shape index (κ1) is 20.0. The van der Waals surface area contributed by atoms with E-state index in [1.807, 2.05) is 6.07 Å². The first-order valence-corrected chi connectivity index (χ1v) is 9.70. The Morgan fingerprint density at radius 1 is 0.783 bits per heavy atom. The molecule has 0 aromatic heterocycles. The lowest BCUT2D eigenvalue weighted by Gasteiger charge is -2.08. The summed E-state index contributed by atoms with van der Waals surface area (Å²) in [4.78, 5) is 0. The Hall–Kier alpha value is -1.02. The second kappa shape index (κ2) is 13.4. The van der Waals surface area contributed by atoms with Crippen molar-refractivity contribution in [2.45, 2.75) is 96.9 Å². The Bertz CT molecular complexity index is 403. The van der Waals surface area contributed by atoms with E-state index >= 15 is 0 Å². The molecule has 1 aromatic carbocycles. The maximum Gasteiger partial charge on any atom is 0.123 e. The van der Waals surface area contributed by atoms with Crippen LogP contribution in [0.15, 0.2) is 12.1 Å². The summed E-state index contributed by atoms with van der Waals surface area (Å²) in [6, 6.07) is 6.75. The molecular formula is C21H36NO. The highest BCUT2D eigenvalue weighted by Gasteiger charge is 2.05. The number of hydrogen-bond donors (Lipinski definition) is 2. The number of nitrogens with two attached hydrogens (primary N) is 1. The molecule has 0 aliphatic rings. The van der Waals surface area contributed by atoms with Gasteiger partial charge in [-0.15, -0.1) is 0 Å². The molecule has 0 atom stereocenters. The fraction of sp³-hybridized carbons (Fsp3) is 0.714. The predicted molar refractivity (Wildman–Crippen MR) is 99.6 cm³/mol. The standard InChI is InChI=1S/C21H36NO/c1-2-3-4-5-6-7-8-9-10-11-12-13-15-19-16-14-17-20(18-22)21(19)23/h16-17,23H,2-13,15,18,22H2,1H3. The lowest BCUT2D eigenvalue weighted by atomic mass is 10.0. The minimum absolute atomic E-state index is 0.384. The number of unbranched alkanes of at least 4 members (excludes halogenated alkanes) is 11. The van der Waals surface area contributed by atoms with Crippen molar-refractivity contribution >= 4 is 0 Å². The number of phenols is 1. The average Bonchev–Trinajstić information content (AvgIpc) is 2.57. The number of aryl methyl sites for hydroxylation is 1. The van der Waals surface area contributed by atoms with Gasteiger partial charge in [-0.1, -0.05) is 77.6 Å². The number of hydrogen-bond acceptors (Lipinski definition) is 2. The van der Waals surface area contributed by atoms with Crippen molar-refractivity contribution in [2.75, 3.05) is 0 Å². The summed E-state index contributed by atoms with van der Waals surface area (Å²) in [6.07, 6.45) is 17.2. The van der Waals surface area contributed by atoms with Crippen molar-refractivity contribution in [1.29, 1.82) is 0 Å². The monoisotopic (exact) mass is 318 g/mol. The van der Waals surface area contributed by atoms with Crippen molar-refractivity contribution in [3.05, 3.63) is 29.3 Å². The molecule has 0 amide bonds. The third-order valence-corrected chi connectivity index (χ3v) is 4.64. The van der Waals surface area contributed by atoms with E-state index in [-0.39, 0.29) is 0 Å². The first-order chi connectivity index (χ1) is 11.3. The van der Waals surface area contributed by atoms with Gasteiger partial charge in [-0.2, -0.15) is 0 Å². The van der Waals surface area contributed by atoms with Gasteiger partial charge in [0.15, 0.2) is 0 Å². The molecule has 0 bridgehead atoms. The van der Waals surface area contributed by atoms with E-state index in [9.17, 15) is 5.11 Å². The van der Waals surface area contributed by atoms with Crippen LogP contribution in [-0.2, 0) is 13.0 Å². The second-order valence-corrected chi connectivity index (χ2v) is 6.70. The van der Waals surface area contributed by atoms with E-state index in [1.165, 1.54) is 70.6 Å². The summed E-state index contributed by atoms with van der Waals surface area (Å²) in [7, 11) is 0. The Kier molecular flexibility index (Phi) is 11.7. The van der Waals surface area contributed by atoms with Gasteiger partial charge in [0.25, 0.3) is 0 Å². The molecule has 3 N–H and O–H groups in total. The topological polar surface area (TPSA) is 46.2 Å². The summed E-state index contributed by atoms with van der Waals surface area (Å²) in [6.45, 7) is 2.66. The maximum atomic E-state index is 10.1. The molecule has 2 heteroatoms. The highest BCUT2D eigenvalue weighted by Crippen LogP contribution is 2.23. The van der Waals surface area contributed by atoms with Gasteiger partial charge >= 0.3 is 0 Å². The van der Waals surface area contributed by atoms with Gasteiger partial charge in [0.05, 0.1) is 0 Å². The van der Waals surface area contributed by atoms with Crippen LogP contribution in [0.3, 0.4) is 0 Å². The molecule has 0 heterocycles. The Balaban J connectivity index is 1.96. The van der Waals surface area contributed by atoms with Crippen LogP contribution >= 0.6 is 0 Å². The highest BCUT2D eigenvalue weighted by molar-refractivity contribution is 5.39. The van der Waals surface area contributed by atoms with Crippen LogP contribution in [0, 0.1) is 6.07 Å². The molecule has 0 spiro atoms. The van der Waals surface area contributed by atoms with Gasteiger partial charge in [-0.05, 0) is 36.6 Å². The number of aromatic hydroxyl groups is 1. The minimum Gasteiger partial charge on any atom is -0.507 e. The number of phenolic OH excluding ortho intramolecular Hbond substituents is 1. The molecule has 1 radical (unpaired) electrons. The van der Waals surface area contributed by atoms with Gasteiger partial charge < -0.3 is 10.8 Å². The predicted octanol–water partition coefficient (Wildman–Crippen LogP) is 5.89. The summed E-state index contributed by atoms with van der Waals surface area (Å²) < 4.78 is 0. The van der Waals surface area contributed by atoms with Crippen LogP contribution in [-0.4, -0.2) is 5.11 Å². The molecule has 2 nitrogen and oxygen atoms in total. The summed E-state index contributed by atoms with van der Waals surface area (Å²) in [5.74, 6) is 0.384. The zero-order valence-corrected chi connectivity index (χ0v) is 15.1. The molecule has 0 unspecified atom stereocenters. The van der Waals surface area contributed by atoms with Crippen LogP contribution in [0.5, 0.6) is 5.75 Å². The lowest BCUT2D eigenvalue weighted by molar-refractivity contribution is 0.459. The molecule has 1 rings (SSSR count). The maximum absolute atomic E-state index is 10.1. The number of benzene rings is 1. The molecule has 0 saturated carbocycles. The van der Waals surface area contributed by atoms with Gasteiger partial charge in [-0.3, -0.25) is 0 Å². The molecule has 0 saturated heterocycles. The SMILES string of the molecule is CCCCCCCCCCCCCCc1c[c]cc(CN)c1O. The van der Waals surface area contributed by atoms with Crippen LogP contribution in [0.2, 0.25) is 0 Å². The quantitative estimate of drug-likeness (QED) is 0.420. The number of rotatable bonds is 14. The Labute approximate surface area is 143 Å². The molecule has 131 valence electrons.